The van der Waals surface area contributed by atoms with Crippen molar-refractivity contribution >= 4 is 28.8 Å². The van der Waals surface area contributed by atoms with Gasteiger partial charge in [-0.25, -0.2) is 0 Å². The number of aryl methyl sites for hydroxylation is 2. The van der Waals surface area contributed by atoms with Crippen molar-refractivity contribution in [2.24, 2.45) is 5.73 Å². The van der Waals surface area contributed by atoms with Crippen LogP contribution in [0, 0.1) is 6.92 Å². The van der Waals surface area contributed by atoms with Crippen LogP contribution in [0.4, 0.5) is 5.69 Å². The van der Waals surface area contributed by atoms with E-state index in [1.54, 1.807) is 36.5 Å². The first kappa shape index (κ1) is 15.9. The quantitative estimate of drug-likeness (QED) is 0.825. The van der Waals surface area contributed by atoms with Crippen molar-refractivity contribution in [3.05, 3.63) is 64.1 Å². The molecule has 22 heavy (non-hydrogen) atoms. The molecule has 2 aromatic rings. The maximum Gasteiger partial charge on any atom is 0.250 e. The molecule has 0 saturated heterocycles. The van der Waals surface area contributed by atoms with Crippen molar-refractivity contribution in [3.8, 4) is 0 Å². The lowest BCUT2D eigenvalue weighted by Gasteiger charge is -2.08. The van der Waals surface area contributed by atoms with Crippen molar-refractivity contribution in [2.45, 2.75) is 19.9 Å². The number of aromatic nitrogens is 1. The topological polar surface area (TPSA) is 77.1 Å². The Morgan fingerprint density at radius 1 is 1.27 bits per heavy atom. The molecule has 0 aliphatic carbocycles. The van der Waals surface area contributed by atoms with Crippen molar-refractivity contribution in [2.75, 3.05) is 5.32 Å². The van der Waals surface area contributed by atoms with E-state index in [1.165, 1.54) is 4.57 Å². The van der Waals surface area contributed by atoms with E-state index in [-0.39, 0.29) is 17.9 Å². The van der Waals surface area contributed by atoms with Crippen molar-refractivity contribution < 1.29 is 4.79 Å². The number of nitrogens with two attached hydrogens (primary N) is 1. The first-order valence-corrected chi connectivity index (χ1v) is 7.23. The minimum atomic E-state index is -0.157. The number of amides is 1. The molecule has 0 radical (unpaired) electrons. The van der Waals surface area contributed by atoms with Gasteiger partial charge in [-0.1, -0.05) is 12.2 Å². The van der Waals surface area contributed by atoms with E-state index in [4.69, 9.17) is 18.0 Å². The van der Waals surface area contributed by atoms with E-state index in [9.17, 15) is 9.59 Å². The highest BCUT2D eigenvalue weighted by Gasteiger charge is 2.04. The number of nitrogens with zero attached hydrogens (tertiary/aromatic N) is 1. The number of carbonyl (C=O) groups is 1. The maximum absolute atomic E-state index is 11.9. The largest absolute Gasteiger partial charge is 0.389 e. The van der Waals surface area contributed by atoms with E-state index >= 15 is 0 Å². The molecule has 0 unspecified atom stereocenters. The summed E-state index contributed by atoms with van der Waals surface area (Å²) in [6, 6.07) is 10.4. The maximum atomic E-state index is 11.9. The van der Waals surface area contributed by atoms with Gasteiger partial charge in [0.05, 0.1) is 0 Å². The monoisotopic (exact) mass is 315 g/mol. The first-order chi connectivity index (χ1) is 10.5. The predicted octanol–water partition coefficient (Wildman–Crippen LogP) is 1.82. The Bertz CT molecular complexity index is 751. The van der Waals surface area contributed by atoms with Gasteiger partial charge in [0, 0.05) is 36.5 Å². The number of rotatable bonds is 5. The summed E-state index contributed by atoms with van der Waals surface area (Å²) in [5, 5.41) is 2.77. The Morgan fingerprint density at radius 3 is 2.55 bits per heavy atom. The van der Waals surface area contributed by atoms with Crippen LogP contribution in [0.5, 0.6) is 0 Å². The molecule has 0 aliphatic heterocycles. The predicted molar refractivity (Wildman–Crippen MR) is 91.0 cm³/mol. The Hall–Kier alpha value is -2.47. The molecule has 2 rings (SSSR count). The van der Waals surface area contributed by atoms with Crippen LogP contribution in [0.15, 0.2) is 47.4 Å². The third-order valence-corrected chi connectivity index (χ3v) is 3.42. The molecule has 6 heteroatoms. The standard InChI is InChI=1S/C16H17N3O2S/c1-11-6-8-19(15(21)10-11)9-7-14(20)18-13-4-2-12(3-5-13)16(17)22/h2-6,8,10H,7,9H2,1H3,(H2,17,22)(H,18,20). The molecule has 1 aromatic carbocycles. The van der Waals surface area contributed by atoms with Gasteiger partial charge in [-0.2, -0.15) is 0 Å². The second-order valence-electron chi connectivity index (χ2n) is 4.98. The van der Waals surface area contributed by atoms with Gasteiger partial charge in [0.1, 0.15) is 4.99 Å². The minimum absolute atomic E-state index is 0.103. The van der Waals surface area contributed by atoms with Gasteiger partial charge in [0.15, 0.2) is 0 Å². The Labute approximate surface area is 133 Å². The molecule has 0 spiro atoms. The molecule has 1 aromatic heterocycles. The molecule has 1 heterocycles. The number of pyridine rings is 1. The van der Waals surface area contributed by atoms with Crippen LogP contribution in [-0.4, -0.2) is 15.5 Å². The van der Waals surface area contributed by atoms with Crippen molar-refractivity contribution in [1.29, 1.82) is 0 Å². The van der Waals surface area contributed by atoms with Gasteiger partial charge in [0.2, 0.25) is 5.91 Å². The lowest BCUT2D eigenvalue weighted by atomic mass is 10.2. The summed E-state index contributed by atoms with van der Waals surface area (Å²) < 4.78 is 1.52. The van der Waals surface area contributed by atoms with Crippen LogP contribution in [0.1, 0.15) is 17.5 Å². The van der Waals surface area contributed by atoms with E-state index in [0.717, 1.165) is 11.1 Å². The number of thiocarbonyl (C=S) groups is 1. The summed E-state index contributed by atoms with van der Waals surface area (Å²) in [5.41, 5.74) is 7.73. The van der Waals surface area contributed by atoms with Gasteiger partial charge in [-0.3, -0.25) is 9.59 Å². The minimum Gasteiger partial charge on any atom is -0.389 e. The summed E-state index contributed by atoms with van der Waals surface area (Å²) in [5.74, 6) is -0.157. The number of nitrogens with one attached hydrogen (secondary N) is 1. The molecule has 0 fully saturated rings. The lowest BCUT2D eigenvalue weighted by Crippen LogP contribution is -2.22. The number of benzene rings is 1. The van der Waals surface area contributed by atoms with Crippen molar-refractivity contribution in [1.82, 2.24) is 4.57 Å². The summed E-state index contributed by atoms with van der Waals surface area (Å²) in [7, 11) is 0. The zero-order chi connectivity index (χ0) is 16.1. The molecule has 0 bridgehead atoms. The fourth-order valence-corrected chi connectivity index (χ4v) is 2.09. The lowest BCUT2D eigenvalue weighted by molar-refractivity contribution is -0.116. The zero-order valence-electron chi connectivity index (χ0n) is 12.2. The highest BCUT2D eigenvalue weighted by molar-refractivity contribution is 7.80. The van der Waals surface area contributed by atoms with Crippen LogP contribution in [0.2, 0.25) is 0 Å². The molecule has 114 valence electrons. The fraction of sp³-hybridized carbons (Fsp3) is 0.188. The van der Waals surface area contributed by atoms with Gasteiger partial charge in [-0.05, 0) is 42.8 Å². The Balaban J connectivity index is 1.92. The van der Waals surface area contributed by atoms with Crippen LogP contribution in [0.25, 0.3) is 0 Å². The Kier molecular flexibility index (Phi) is 5.06. The van der Waals surface area contributed by atoms with Gasteiger partial charge in [-0.15, -0.1) is 0 Å². The van der Waals surface area contributed by atoms with Crippen LogP contribution in [-0.2, 0) is 11.3 Å². The molecular weight excluding hydrogens is 298 g/mol. The van der Waals surface area contributed by atoms with Crippen molar-refractivity contribution in [3.63, 3.8) is 0 Å². The summed E-state index contributed by atoms with van der Waals surface area (Å²) in [4.78, 5) is 23.9. The average molecular weight is 315 g/mol. The first-order valence-electron chi connectivity index (χ1n) is 6.82. The summed E-state index contributed by atoms with van der Waals surface area (Å²) in [6.07, 6.45) is 1.92. The second kappa shape index (κ2) is 7.00. The van der Waals surface area contributed by atoms with Gasteiger partial charge < -0.3 is 15.6 Å². The third-order valence-electron chi connectivity index (χ3n) is 3.18. The van der Waals surface area contributed by atoms with E-state index in [0.29, 0.717) is 17.2 Å². The fourth-order valence-electron chi connectivity index (χ4n) is 1.95. The molecule has 0 aliphatic rings. The third kappa shape index (κ3) is 4.26. The van der Waals surface area contributed by atoms with Crippen LogP contribution < -0.4 is 16.6 Å². The number of carbonyl (C=O) groups excluding carboxylic acids is 1. The van der Waals surface area contributed by atoms with Gasteiger partial charge >= 0.3 is 0 Å². The van der Waals surface area contributed by atoms with E-state index in [1.807, 2.05) is 13.0 Å². The highest BCUT2D eigenvalue weighted by Crippen LogP contribution is 2.10. The molecule has 0 saturated carbocycles. The second-order valence-corrected chi connectivity index (χ2v) is 5.42. The Morgan fingerprint density at radius 2 is 1.95 bits per heavy atom. The number of anilines is 1. The van der Waals surface area contributed by atoms with Crippen LogP contribution >= 0.6 is 12.2 Å². The molecule has 3 N–H and O–H groups in total. The normalized spacial score (nSPS) is 10.2. The smallest absolute Gasteiger partial charge is 0.250 e. The van der Waals surface area contributed by atoms with E-state index < -0.39 is 0 Å². The SMILES string of the molecule is Cc1ccn(CCC(=O)Nc2ccc(C(N)=S)cc2)c(=O)c1. The molecule has 1 amide bonds. The molecule has 0 atom stereocenters. The zero-order valence-corrected chi connectivity index (χ0v) is 13.0. The average Bonchev–Trinajstić information content (AvgIpc) is 2.47. The summed E-state index contributed by atoms with van der Waals surface area (Å²) in [6.45, 7) is 2.20. The molecule has 5 nitrogen and oxygen atoms in total. The summed E-state index contributed by atoms with van der Waals surface area (Å²) >= 11 is 4.87. The van der Waals surface area contributed by atoms with Crippen LogP contribution in [0.3, 0.4) is 0 Å². The number of hydrogen-bond donors (Lipinski definition) is 2. The van der Waals surface area contributed by atoms with Gasteiger partial charge in [0.25, 0.3) is 5.56 Å². The van der Waals surface area contributed by atoms with E-state index in [2.05, 4.69) is 5.32 Å². The molecular formula is C16H17N3O2S. The number of hydrogen-bond acceptors (Lipinski definition) is 3. The highest BCUT2D eigenvalue weighted by atomic mass is 32.1.